The molecule has 3 heteroatoms. The van der Waals surface area contributed by atoms with Crippen LogP contribution in [-0.4, -0.2) is 9.97 Å². The highest BCUT2D eigenvalue weighted by atomic mass is 14.9. The lowest BCUT2D eigenvalue weighted by molar-refractivity contribution is 1.000. The number of rotatable bonds is 6. The van der Waals surface area contributed by atoms with Crippen LogP contribution in [-0.2, 0) is 19.3 Å². The summed E-state index contributed by atoms with van der Waals surface area (Å²) in [4.78, 5) is 7.97. The summed E-state index contributed by atoms with van der Waals surface area (Å²) >= 11 is 0. The van der Waals surface area contributed by atoms with Crippen molar-refractivity contribution >= 4 is 0 Å². The van der Waals surface area contributed by atoms with E-state index in [2.05, 4.69) is 71.5 Å². The summed E-state index contributed by atoms with van der Waals surface area (Å²) in [6.45, 7) is 2.19. The maximum absolute atomic E-state index is 8.90. The number of imidazole rings is 1. The van der Waals surface area contributed by atoms with E-state index in [1.54, 1.807) is 0 Å². The second-order valence-corrected chi connectivity index (χ2v) is 7.23. The van der Waals surface area contributed by atoms with Gasteiger partial charge in [-0.25, -0.2) is 4.98 Å². The number of nitriles is 1. The van der Waals surface area contributed by atoms with E-state index in [9.17, 15) is 0 Å². The van der Waals surface area contributed by atoms with Crippen LogP contribution >= 0.6 is 0 Å². The van der Waals surface area contributed by atoms with Crippen molar-refractivity contribution in [2.45, 2.75) is 26.2 Å². The van der Waals surface area contributed by atoms with Gasteiger partial charge in [-0.3, -0.25) is 0 Å². The average Bonchev–Trinajstić information content (AvgIpc) is 3.21. The molecule has 29 heavy (non-hydrogen) atoms. The van der Waals surface area contributed by atoms with E-state index in [-0.39, 0.29) is 0 Å². The van der Waals surface area contributed by atoms with Crippen molar-refractivity contribution in [2.75, 3.05) is 0 Å². The van der Waals surface area contributed by atoms with Crippen LogP contribution in [0, 0.1) is 11.3 Å². The van der Waals surface area contributed by atoms with Crippen LogP contribution in [0.3, 0.4) is 0 Å². The van der Waals surface area contributed by atoms with E-state index < -0.39 is 0 Å². The molecule has 4 aromatic rings. The first-order valence-corrected chi connectivity index (χ1v) is 9.94. The summed E-state index contributed by atoms with van der Waals surface area (Å²) in [7, 11) is 0. The molecule has 1 aromatic heterocycles. The normalized spacial score (nSPS) is 10.6. The number of aromatic nitrogens is 2. The van der Waals surface area contributed by atoms with Crippen molar-refractivity contribution in [3.63, 3.8) is 0 Å². The third-order valence-corrected chi connectivity index (χ3v) is 5.19. The average molecular weight is 377 g/mol. The van der Waals surface area contributed by atoms with Gasteiger partial charge in [-0.2, -0.15) is 5.26 Å². The second-order valence-electron chi connectivity index (χ2n) is 7.23. The van der Waals surface area contributed by atoms with Crippen LogP contribution in [0.2, 0.25) is 0 Å². The lowest BCUT2D eigenvalue weighted by atomic mass is 9.97. The zero-order chi connectivity index (χ0) is 20.1. The molecule has 1 N–H and O–H groups in total. The van der Waals surface area contributed by atoms with Gasteiger partial charge < -0.3 is 4.98 Å². The number of benzene rings is 3. The second kappa shape index (κ2) is 8.58. The van der Waals surface area contributed by atoms with Gasteiger partial charge in [0.15, 0.2) is 0 Å². The number of H-pyrrole nitrogens is 1. The Bertz CT molecular complexity index is 1130. The predicted molar refractivity (Wildman–Crippen MR) is 117 cm³/mol. The number of nitrogens with one attached hydrogen (secondary N) is 1. The number of aryl methyl sites for hydroxylation is 1. The van der Waals surface area contributed by atoms with Gasteiger partial charge in [0.1, 0.15) is 5.82 Å². The standard InChI is InChI=1S/C26H23N3/c1-2-22-5-3-4-6-25(22)23-13-11-20(12-14-23)16-26-28-18-24(29-26)15-19-7-9-21(17-27)10-8-19/h3-14,18H,2,15-16H2,1H3,(H,28,29). The van der Waals surface area contributed by atoms with Gasteiger partial charge >= 0.3 is 0 Å². The van der Waals surface area contributed by atoms with E-state index >= 15 is 0 Å². The Morgan fingerprint density at radius 1 is 0.862 bits per heavy atom. The maximum Gasteiger partial charge on any atom is 0.110 e. The highest BCUT2D eigenvalue weighted by Gasteiger charge is 2.06. The molecule has 0 saturated carbocycles. The minimum absolute atomic E-state index is 0.684. The first-order chi connectivity index (χ1) is 14.2. The highest BCUT2D eigenvalue weighted by molar-refractivity contribution is 5.67. The quantitative estimate of drug-likeness (QED) is 0.469. The van der Waals surface area contributed by atoms with E-state index in [4.69, 9.17) is 5.26 Å². The van der Waals surface area contributed by atoms with Crippen LogP contribution in [0.5, 0.6) is 0 Å². The Morgan fingerprint density at radius 2 is 1.55 bits per heavy atom. The van der Waals surface area contributed by atoms with Crippen LogP contribution < -0.4 is 0 Å². The molecule has 0 spiro atoms. The molecule has 4 rings (SSSR count). The SMILES string of the molecule is CCc1ccccc1-c1ccc(Cc2ncc(Cc3ccc(C#N)cc3)[nH]2)cc1. The Morgan fingerprint density at radius 3 is 2.28 bits per heavy atom. The number of nitrogens with zero attached hydrogens (tertiary/aromatic N) is 2. The van der Waals surface area contributed by atoms with Gasteiger partial charge in [-0.1, -0.05) is 67.6 Å². The molecule has 0 amide bonds. The minimum atomic E-state index is 0.684. The molecule has 3 aromatic carbocycles. The van der Waals surface area contributed by atoms with Crippen molar-refractivity contribution in [1.82, 2.24) is 9.97 Å². The van der Waals surface area contributed by atoms with Gasteiger partial charge in [0, 0.05) is 24.7 Å². The maximum atomic E-state index is 8.90. The summed E-state index contributed by atoms with van der Waals surface area (Å²) in [6.07, 6.45) is 4.50. The molecular formula is C26H23N3. The minimum Gasteiger partial charge on any atom is -0.345 e. The van der Waals surface area contributed by atoms with Gasteiger partial charge in [-0.05, 0) is 46.4 Å². The van der Waals surface area contributed by atoms with Crippen LogP contribution in [0.4, 0.5) is 0 Å². The first kappa shape index (κ1) is 18.7. The van der Waals surface area contributed by atoms with E-state index in [1.807, 2.05) is 30.5 Å². The molecule has 0 aliphatic carbocycles. The first-order valence-electron chi connectivity index (χ1n) is 9.94. The molecule has 0 aliphatic rings. The molecule has 0 unspecified atom stereocenters. The molecular weight excluding hydrogens is 354 g/mol. The van der Waals surface area contributed by atoms with Crippen molar-refractivity contribution in [3.8, 4) is 17.2 Å². The molecule has 0 saturated heterocycles. The Balaban J connectivity index is 1.44. The third kappa shape index (κ3) is 4.44. The van der Waals surface area contributed by atoms with E-state index in [0.29, 0.717) is 5.56 Å². The topological polar surface area (TPSA) is 52.5 Å². The van der Waals surface area contributed by atoms with Crippen LogP contribution in [0.1, 0.15) is 40.7 Å². The summed E-state index contributed by atoms with van der Waals surface area (Å²) < 4.78 is 0. The summed E-state index contributed by atoms with van der Waals surface area (Å²) in [5.74, 6) is 0.968. The van der Waals surface area contributed by atoms with Crippen molar-refractivity contribution in [3.05, 3.63) is 113 Å². The molecule has 0 atom stereocenters. The molecule has 1 heterocycles. The van der Waals surface area contributed by atoms with Crippen molar-refractivity contribution < 1.29 is 0 Å². The Labute approximate surface area is 171 Å². The van der Waals surface area contributed by atoms with Crippen molar-refractivity contribution in [1.29, 1.82) is 5.26 Å². The third-order valence-electron chi connectivity index (χ3n) is 5.19. The molecule has 3 nitrogen and oxygen atoms in total. The van der Waals surface area contributed by atoms with Crippen LogP contribution in [0.15, 0.2) is 79.0 Å². The molecule has 0 bridgehead atoms. The lowest BCUT2D eigenvalue weighted by Crippen LogP contribution is -1.93. The van der Waals surface area contributed by atoms with Gasteiger partial charge in [0.2, 0.25) is 0 Å². The Hall–Kier alpha value is -3.64. The zero-order valence-electron chi connectivity index (χ0n) is 16.5. The lowest BCUT2D eigenvalue weighted by Gasteiger charge is -2.08. The number of hydrogen-bond donors (Lipinski definition) is 1. The number of hydrogen-bond acceptors (Lipinski definition) is 2. The highest BCUT2D eigenvalue weighted by Crippen LogP contribution is 2.25. The number of aromatic amines is 1. The van der Waals surface area contributed by atoms with Crippen LogP contribution in [0.25, 0.3) is 11.1 Å². The molecule has 0 aliphatic heterocycles. The molecule has 0 radical (unpaired) electrons. The zero-order valence-corrected chi connectivity index (χ0v) is 16.5. The fourth-order valence-electron chi connectivity index (χ4n) is 3.61. The van der Waals surface area contributed by atoms with Gasteiger partial charge in [0.05, 0.1) is 11.6 Å². The van der Waals surface area contributed by atoms with Gasteiger partial charge in [-0.15, -0.1) is 0 Å². The fraction of sp³-hybridized carbons (Fsp3) is 0.154. The van der Waals surface area contributed by atoms with E-state index in [0.717, 1.165) is 36.3 Å². The summed E-state index contributed by atoms with van der Waals surface area (Å²) in [5.41, 5.74) is 8.11. The summed E-state index contributed by atoms with van der Waals surface area (Å²) in [5, 5.41) is 8.90. The summed E-state index contributed by atoms with van der Waals surface area (Å²) in [6, 6.07) is 27.2. The van der Waals surface area contributed by atoms with Crippen molar-refractivity contribution in [2.24, 2.45) is 0 Å². The Kier molecular flexibility index (Phi) is 5.54. The largest absolute Gasteiger partial charge is 0.345 e. The molecule has 142 valence electrons. The smallest absolute Gasteiger partial charge is 0.110 e. The molecule has 0 fully saturated rings. The fourth-order valence-corrected chi connectivity index (χ4v) is 3.61. The monoisotopic (exact) mass is 377 g/mol. The predicted octanol–water partition coefficient (Wildman–Crippen LogP) is 5.69. The van der Waals surface area contributed by atoms with E-state index in [1.165, 1.54) is 22.3 Å². The van der Waals surface area contributed by atoms with Gasteiger partial charge in [0.25, 0.3) is 0 Å².